The predicted octanol–water partition coefficient (Wildman–Crippen LogP) is 1.59. The number of nitrogens with zero attached hydrogens (tertiary/aromatic N) is 3. The standard InChI is InChI=1S/C7H3BrN4/c8-6-5-1-4(2-9)3-10-7(5)12-11-6/h1,3H,(H,10,11,12). The number of nitrogens with one attached hydrogen (secondary N) is 1. The monoisotopic (exact) mass is 222 g/mol. The van der Waals surface area contributed by atoms with Crippen LogP contribution < -0.4 is 0 Å². The molecule has 0 aliphatic carbocycles. The van der Waals surface area contributed by atoms with Crippen LogP contribution in [0, 0.1) is 11.3 Å². The van der Waals surface area contributed by atoms with Crippen molar-refractivity contribution in [2.75, 3.05) is 0 Å². The minimum absolute atomic E-state index is 0.532. The van der Waals surface area contributed by atoms with Gasteiger partial charge in [-0.2, -0.15) is 10.4 Å². The van der Waals surface area contributed by atoms with Crippen LogP contribution in [0.15, 0.2) is 16.9 Å². The molecule has 0 saturated carbocycles. The van der Waals surface area contributed by atoms with Gasteiger partial charge in [-0.05, 0) is 22.0 Å². The van der Waals surface area contributed by atoms with Crippen molar-refractivity contribution >= 4 is 27.0 Å². The number of hydrogen-bond acceptors (Lipinski definition) is 3. The van der Waals surface area contributed by atoms with Gasteiger partial charge in [-0.15, -0.1) is 0 Å². The lowest BCUT2D eigenvalue weighted by Crippen LogP contribution is -1.78. The van der Waals surface area contributed by atoms with E-state index in [1.165, 1.54) is 6.20 Å². The fourth-order valence-electron chi connectivity index (χ4n) is 0.932. The summed E-state index contributed by atoms with van der Waals surface area (Å²) in [6.45, 7) is 0. The van der Waals surface area contributed by atoms with Gasteiger partial charge in [0.15, 0.2) is 5.65 Å². The Morgan fingerprint density at radius 3 is 3.17 bits per heavy atom. The van der Waals surface area contributed by atoms with Crippen LogP contribution in [0.1, 0.15) is 5.56 Å². The zero-order valence-corrected chi connectivity index (χ0v) is 7.46. The van der Waals surface area contributed by atoms with E-state index >= 15 is 0 Å². The Kier molecular flexibility index (Phi) is 1.55. The Balaban J connectivity index is 2.82. The van der Waals surface area contributed by atoms with Gasteiger partial charge < -0.3 is 0 Å². The highest BCUT2D eigenvalue weighted by molar-refractivity contribution is 9.10. The van der Waals surface area contributed by atoms with E-state index in [1.807, 2.05) is 6.07 Å². The van der Waals surface area contributed by atoms with Gasteiger partial charge in [-0.3, -0.25) is 5.10 Å². The molecule has 0 saturated heterocycles. The van der Waals surface area contributed by atoms with E-state index in [4.69, 9.17) is 5.26 Å². The number of halogens is 1. The molecule has 0 spiro atoms. The molecule has 0 unspecified atom stereocenters. The van der Waals surface area contributed by atoms with Gasteiger partial charge in [0.25, 0.3) is 0 Å². The van der Waals surface area contributed by atoms with E-state index in [2.05, 4.69) is 31.1 Å². The SMILES string of the molecule is N#Cc1cnc2n[nH]c(Br)c2c1. The average Bonchev–Trinajstić information content (AvgIpc) is 2.47. The highest BCUT2D eigenvalue weighted by Gasteiger charge is 2.03. The zero-order chi connectivity index (χ0) is 8.55. The number of aromatic nitrogens is 3. The number of H-pyrrole nitrogens is 1. The minimum atomic E-state index is 0.532. The largest absolute Gasteiger partial charge is 0.269 e. The fourth-order valence-corrected chi connectivity index (χ4v) is 1.31. The molecule has 2 aromatic rings. The first kappa shape index (κ1) is 7.25. The Bertz CT molecular complexity index is 468. The molecule has 0 atom stereocenters. The van der Waals surface area contributed by atoms with E-state index in [9.17, 15) is 0 Å². The maximum absolute atomic E-state index is 8.59. The summed E-state index contributed by atoms with van der Waals surface area (Å²) in [4.78, 5) is 3.98. The summed E-state index contributed by atoms with van der Waals surface area (Å²) >= 11 is 3.26. The quantitative estimate of drug-likeness (QED) is 0.737. The van der Waals surface area contributed by atoms with Crippen LogP contribution >= 0.6 is 15.9 Å². The summed E-state index contributed by atoms with van der Waals surface area (Å²) in [6, 6.07) is 3.74. The van der Waals surface area contributed by atoms with E-state index in [-0.39, 0.29) is 0 Å². The van der Waals surface area contributed by atoms with Gasteiger partial charge in [-0.1, -0.05) is 0 Å². The van der Waals surface area contributed by atoms with Gasteiger partial charge >= 0.3 is 0 Å². The van der Waals surface area contributed by atoms with E-state index in [1.54, 1.807) is 6.07 Å². The van der Waals surface area contributed by atoms with Gasteiger partial charge in [0.1, 0.15) is 10.7 Å². The summed E-state index contributed by atoms with van der Waals surface area (Å²) in [7, 11) is 0. The lowest BCUT2D eigenvalue weighted by molar-refractivity contribution is 1.08. The molecule has 2 aromatic heterocycles. The summed E-state index contributed by atoms with van der Waals surface area (Å²) in [5, 5.41) is 16.0. The van der Waals surface area contributed by atoms with Crippen LogP contribution in [0.2, 0.25) is 0 Å². The maximum Gasteiger partial charge on any atom is 0.182 e. The van der Waals surface area contributed by atoms with Crippen LogP contribution in [-0.2, 0) is 0 Å². The Hall–Kier alpha value is -1.41. The van der Waals surface area contributed by atoms with Crippen LogP contribution in [0.4, 0.5) is 0 Å². The minimum Gasteiger partial charge on any atom is -0.269 e. The summed E-state index contributed by atoms with van der Waals surface area (Å²) in [6.07, 6.45) is 1.50. The first-order valence-corrected chi connectivity index (χ1v) is 4.00. The summed E-state index contributed by atoms with van der Waals surface area (Å²) < 4.78 is 0.752. The first-order chi connectivity index (χ1) is 5.81. The molecule has 2 rings (SSSR count). The topological polar surface area (TPSA) is 65.4 Å². The zero-order valence-electron chi connectivity index (χ0n) is 5.87. The molecule has 2 heterocycles. The Labute approximate surface area is 76.4 Å². The van der Waals surface area contributed by atoms with Crippen molar-refractivity contribution in [3.63, 3.8) is 0 Å². The number of aromatic amines is 1. The third kappa shape index (κ3) is 0.970. The molecule has 0 radical (unpaired) electrons. The lowest BCUT2D eigenvalue weighted by atomic mass is 10.2. The highest BCUT2D eigenvalue weighted by atomic mass is 79.9. The molecule has 0 fully saturated rings. The smallest absolute Gasteiger partial charge is 0.182 e. The maximum atomic E-state index is 8.59. The third-order valence-electron chi connectivity index (χ3n) is 1.49. The van der Waals surface area contributed by atoms with E-state index in [0.29, 0.717) is 11.2 Å². The van der Waals surface area contributed by atoms with Crippen molar-refractivity contribution < 1.29 is 0 Å². The summed E-state index contributed by atoms with van der Waals surface area (Å²) in [5.41, 5.74) is 1.14. The van der Waals surface area contributed by atoms with Crippen molar-refractivity contribution in [3.8, 4) is 6.07 Å². The first-order valence-electron chi connectivity index (χ1n) is 3.21. The molecular weight excluding hydrogens is 220 g/mol. The number of hydrogen-bond donors (Lipinski definition) is 1. The fraction of sp³-hybridized carbons (Fsp3) is 0. The van der Waals surface area contributed by atoms with Crippen LogP contribution in [0.3, 0.4) is 0 Å². The second-order valence-electron chi connectivity index (χ2n) is 2.24. The van der Waals surface area contributed by atoms with Crippen LogP contribution in [0.5, 0.6) is 0 Å². The van der Waals surface area contributed by atoms with Crippen molar-refractivity contribution in [1.29, 1.82) is 5.26 Å². The lowest BCUT2D eigenvalue weighted by Gasteiger charge is -1.87. The number of fused-ring (bicyclic) bond motifs is 1. The third-order valence-corrected chi connectivity index (χ3v) is 2.10. The van der Waals surface area contributed by atoms with Crippen molar-refractivity contribution in [3.05, 3.63) is 22.4 Å². The molecule has 5 heteroatoms. The molecule has 0 amide bonds. The van der Waals surface area contributed by atoms with Crippen LogP contribution in [-0.4, -0.2) is 15.2 Å². The average molecular weight is 223 g/mol. The second kappa shape index (κ2) is 2.57. The molecule has 0 aliphatic rings. The van der Waals surface area contributed by atoms with Gasteiger partial charge in [0.05, 0.1) is 10.9 Å². The van der Waals surface area contributed by atoms with Crippen LogP contribution in [0.25, 0.3) is 11.0 Å². The van der Waals surface area contributed by atoms with Gasteiger partial charge in [-0.25, -0.2) is 4.98 Å². The Morgan fingerprint density at radius 2 is 2.42 bits per heavy atom. The molecule has 4 nitrogen and oxygen atoms in total. The molecule has 1 N–H and O–H groups in total. The van der Waals surface area contributed by atoms with Crippen molar-refractivity contribution in [1.82, 2.24) is 15.2 Å². The molecule has 58 valence electrons. The van der Waals surface area contributed by atoms with Gasteiger partial charge in [0.2, 0.25) is 0 Å². The molecule has 0 bridgehead atoms. The number of nitriles is 1. The van der Waals surface area contributed by atoms with Gasteiger partial charge in [0, 0.05) is 6.20 Å². The number of pyridine rings is 1. The number of rotatable bonds is 0. The molecular formula is C7H3BrN4. The molecule has 0 aliphatic heterocycles. The molecule has 12 heavy (non-hydrogen) atoms. The predicted molar refractivity (Wildman–Crippen MR) is 46.3 cm³/mol. The normalized spacial score (nSPS) is 10.0. The van der Waals surface area contributed by atoms with Crippen molar-refractivity contribution in [2.45, 2.75) is 0 Å². The highest BCUT2D eigenvalue weighted by Crippen LogP contribution is 2.19. The van der Waals surface area contributed by atoms with E-state index < -0.39 is 0 Å². The Morgan fingerprint density at radius 1 is 1.58 bits per heavy atom. The summed E-state index contributed by atoms with van der Waals surface area (Å²) in [5.74, 6) is 0. The second-order valence-corrected chi connectivity index (χ2v) is 3.04. The molecule has 0 aromatic carbocycles. The van der Waals surface area contributed by atoms with E-state index in [0.717, 1.165) is 9.99 Å². The van der Waals surface area contributed by atoms with Crippen molar-refractivity contribution in [2.24, 2.45) is 0 Å².